The zero-order valence-electron chi connectivity index (χ0n) is 9.28. The molecule has 2 rings (SSSR count). The van der Waals surface area contributed by atoms with Gasteiger partial charge in [-0.25, -0.2) is 0 Å². The van der Waals surface area contributed by atoms with Gasteiger partial charge in [-0.05, 0) is 23.6 Å². The van der Waals surface area contributed by atoms with Gasteiger partial charge in [0.1, 0.15) is 10.9 Å². The average Bonchev–Trinajstić information content (AvgIpc) is 2.83. The number of benzene rings is 1. The van der Waals surface area contributed by atoms with Gasteiger partial charge in [0.15, 0.2) is 5.75 Å². The van der Waals surface area contributed by atoms with Crippen LogP contribution >= 0.6 is 34.5 Å². The first-order chi connectivity index (χ1) is 9.02. The van der Waals surface area contributed by atoms with Crippen LogP contribution in [-0.2, 0) is 0 Å². The number of nitrogens with zero attached hydrogens (tertiary/aromatic N) is 1. The van der Waals surface area contributed by atoms with Gasteiger partial charge in [-0.2, -0.15) is 5.26 Å². The maximum absolute atomic E-state index is 12.0. The number of carbonyl (C=O) groups is 1. The van der Waals surface area contributed by atoms with Crippen molar-refractivity contribution < 1.29 is 9.90 Å². The maximum atomic E-state index is 12.0. The van der Waals surface area contributed by atoms with E-state index in [4.69, 9.17) is 28.5 Å². The molecule has 19 heavy (non-hydrogen) atoms. The first-order valence-corrected chi connectivity index (χ1v) is 6.63. The van der Waals surface area contributed by atoms with Gasteiger partial charge in [0, 0.05) is 5.02 Å². The van der Waals surface area contributed by atoms with Crippen molar-refractivity contribution in [1.29, 1.82) is 5.26 Å². The summed E-state index contributed by atoms with van der Waals surface area (Å²) in [6.07, 6.45) is 0. The van der Waals surface area contributed by atoms with Crippen molar-refractivity contribution in [2.75, 3.05) is 5.32 Å². The third-order valence-electron chi connectivity index (χ3n) is 2.27. The fourth-order valence-electron chi connectivity index (χ4n) is 1.41. The SMILES string of the molecule is N#Cc1ccsc1C(=O)Nc1cc(Cl)cc(Cl)c1O. The van der Waals surface area contributed by atoms with Crippen LogP contribution in [0.4, 0.5) is 5.69 Å². The van der Waals surface area contributed by atoms with Crippen LogP contribution in [0.15, 0.2) is 23.6 Å². The van der Waals surface area contributed by atoms with Crippen LogP contribution < -0.4 is 5.32 Å². The summed E-state index contributed by atoms with van der Waals surface area (Å²) in [7, 11) is 0. The van der Waals surface area contributed by atoms with Crippen molar-refractivity contribution >= 4 is 46.1 Å². The zero-order chi connectivity index (χ0) is 14.0. The number of aromatic hydroxyl groups is 1. The van der Waals surface area contributed by atoms with E-state index in [1.807, 2.05) is 6.07 Å². The Morgan fingerprint density at radius 3 is 2.84 bits per heavy atom. The van der Waals surface area contributed by atoms with E-state index in [9.17, 15) is 9.90 Å². The molecule has 0 aliphatic rings. The summed E-state index contributed by atoms with van der Waals surface area (Å²) in [5.74, 6) is -0.769. The van der Waals surface area contributed by atoms with Gasteiger partial charge in [0.2, 0.25) is 0 Å². The van der Waals surface area contributed by atoms with Crippen LogP contribution in [0.25, 0.3) is 0 Å². The highest BCUT2D eigenvalue weighted by atomic mass is 35.5. The van der Waals surface area contributed by atoms with Gasteiger partial charge in [-0.1, -0.05) is 23.2 Å². The lowest BCUT2D eigenvalue weighted by Gasteiger charge is -2.08. The van der Waals surface area contributed by atoms with Crippen molar-refractivity contribution in [1.82, 2.24) is 0 Å². The number of nitriles is 1. The van der Waals surface area contributed by atoms with E-state index in [1.165, 1.54) is 12.1 Å². The number of hydrogen-bond donors (Lipinski definition) is 2. The largest absolute Gasteiger partial charge is 0.504 e. The number of amides is 1. The third kappa shape index (κ3) is 2.82. The van der Waals surface area contributed by atoms with E-state index in [2.05, 4.69) is 5.32 Å². The number of thiophene rings is 1. The lowest BCUT2D eigenvalue weighted by molar-refractivity contribution is 0.103. The second-order valence-electron chi connectivity index (χ2n) is 3.51. The maximum Gasteiger partial charge on any atom is 0.267 e. The number of phenols is 1. The van der Waals surface area contributed by atoms with Crippen LogP contribution in [0.3, 0.4) is 0 Å². The van der Waals surface area contributed by atoms with E-state index in [1.54, 1.807) is 11.4 Å². The summed E-state index contributed by atoms with van der Waals surface area (Å²) in [6.45, 7) is 0. The predicted octanol–water partition coefficient (Wildman–Crippen LogP) is 3.88. The molecule has 0 unspecified atom stereocenters. The topological polar surface area (TPSA) is 73.1 Å². The fraction of sp³-hybridized carbons (Fsp3) is 0. The molecule has 0 aliphatic heterocycles. The van der Waals surface area contributed by atoms with Gasteiger partial charge in [0.25, 0.3) is 5.91 Å². The quantitative estimate of drug-likeness (QED) is 0.826. The Balaban J connectivity index is 2.32. The third-order valence-corrected chi connectivity index (χ3v) is 3.69. The molecule has 96 valence electrons. The van der Waals surface area contributed by atoms with E-state index in [-0.39, 0.29) is 31.9 Å². The monoisotopic (exact) mass is 312 g/mol. The number of phenolic OH excluding ortho intramolecular Hbond substituents is 1. The molecule has 7 heteroatoms. The second-order valence-corrected chi connectivity index (χ2v) is 5.27. The van der Waals surface area contributed by atoms with Crippen molar-refractivity contribution in [2.45, 2.75) is 0 Å². The fourth-order valence-corrected chi connectivity index (χ4v) is 2.65. The lowest BCUT2D eigenvalue weighted by atomic mass is 10.2. The minimum atomic E-state index is -0.500. The molecule has 2 N–H and O–H groups in total. The molecule has 0 spiro atoms. The molecule has 1 aromatic heterocycles. The van der Waals surface area contributed by atoms with Gasteiger partial charge < -0.3 is 10.4 Å². The molecule has 1 amide bonds. The van der Waals surface area contributed by atoms with Crippen molar-refractivity contribution in [2.24, 2.45) is 0 Å². The predicted molar refractivity (Wildman–Crippen MR) is 75.1 cm³/mol. The number of rotatable bonds is 2. The minimum absolute atomic E-state index is 0.0366. The summed E-state index contributed by atoms with van der Waals surface area (Å²) in [6, 6.07) is 6.20. The summed E-state index contributed by atoms with van der Waals surface area (Å²) in [4.78, 5) is 12.2. The molecule has 4 nitrogen and oxygen atoms in total. The van der Waals surface area contributed by atoms with Gasteiger partial charge in [-0.3, -0.25) is 4.79 Å². The number of anilines is 1. The average molecular weight is 313 g/mol. The summed E-state index contributed by atoms with van der Waals surface area (Å²) in [5, 5.41) is 23.0. The molecule has 1 aromatic carbocycles. The first kappa shape index (κ1) is 13.7. The molecule has 2 aromatic rings. The molecule has 0 atom stereocenters. The van der Waals surface area contributed by atoms with Crippen LogP contribution in [-0.4, -0.2) is 11.0 Å². The Kier molecular flexibility index (Phi) is 3.96. The molecule has 1 heterocycles. The Hall–Kier alpha value is -1.74. The van der Waals surface area contributed by atoms with Crippen molar-refractivity contribution in [3.8, 4) is 11.8 Å². The van der Waals surface area contributed by atoms with Gasteiger partial charge in [0.05, 0.1) is 16.3 Å². The standard InChI is InChI=1S/C12H6Cl2N2O2S/c13-7-3-8(14)10(17)9(4-7)16-12(18)11-6(5-15)1-2-19-11/h1-4,17H,(H,16,18). The van der Waals surface area contributed by atoms with Crippen LogP contribution in [0, 0.1) is 11.3 Å². The van der Waals surface area contributed by atoms with Crippen LogP contribution in [0.1, 0.15) is 15.2 Å². The molecule has 0 bridgehead atoms. The number of halogens is 2. The molecule has 0 radical (unpaired) electrons. The highest BCUT2D eigenvalue weighted by Crippen LogP contribution is 2.35. The smallest absolute Gasteiger partial charge is 0.267 e. The Morgan fingerprint density at radius 2 is 2.16 bits per heavy atom. The van der Waals surface area contributed by atoms with E-state index in [0.29, 0.717) is 0 Å². The molecule has 0 saturated heterocycles. The Labute approximate surface area is 122 Å². The first-order valence-electron chi connectivity index (χ1n) is 5.00. The minimum Gasteiger partial charge on any atom is -0.504 e. The van der Waals surface area contributed by atoms with Crippen molar-refractivity contribution in [3.05, 3.63) is 44.1 Å². The Morgan fingerprint density at radius 1 is 1.42 bits per heavy atom. The highest BCUT2D eigenvalue weighted by molar-refractivity contribution is 7.12. The van der Waals surface area contributed by atoms with Crippen LogP contribution in [0.2, 0.25) is 10.0 Å². The van der Waals surface area contributed by atoms with E-state index < -0.39 is 5.91 Å². The highest BCUT2D eigenvalue weighted by Gasteiger charge is 2.16. The molecule has 0 saturated carbocycles. The summed E-state index contributed by atoms with van der Waals surface area (Å²) < 4.78 is 0. The molecule has 0 fully saturated rings. The van der Waals surface area contributed by atoms with Gasteiger partial charge >= 0.3 is 0 Å². The molecule has 0 aliphatic carbocycles. The number of carbonyl (C=O) groups excluding carboxylic acids is 1. The second kappa shape index (κ2) is 5.49. The summed E-state index contributed by atoms with van der Waals surface area (Å²) >= 11 is 12.7. The zero-order valence-corrected chi connectivity index (χ0v) is 11.6. The van der Waals surface area contributed by atoms with Gasteiger partial charge in [-0.15, -0.1) is 11.3 Å². The lowest BCUT2D eigenvalue weighted by Crippen LogP contribution is -2.11. The number of nitrogens with one attached hydrogen (secondary N) is 1. The normalized spacial score (nSPS) is 9.95. The van der Waals surface area contributed by atoms with E-state index >= 15 is 0 Å². The molecular weight excluding hydrogens is 307 g/mol. The number of hydrogen-bond acceptors (Lipinski definition) is 4. The van der Waals surface area contributed by atoms with E-state index in [0.717, 1.165) is 11.3 Å². The molecular formula is C12H6Cl2N2O2S. The summed E-state index contributed by atoms with van der Waals surface area (Å²) in [5.41, 5.74) is 0.370. The van der Waals surface area contributed by atoms with Crippen molar-refractivity contribution in [3.63, 3.8) is 0 Å². The van der Waals surface area contributed by atoms with Crippen LogP contribution in [0.5, 0.6) is 5.75 Å². The Bertz CT molecular complexity index is 692.